The van der Waals surface area contributed by atoms with Crippen LogP contribution in [0.2, 0.25) is 0 Å². The third-order valence-electron chi connectivity index (χ3n) is 4.29. The van der Waals surface area contributed by atoms with Crippen LogP contribution in [0.4, 0.5) is 4.39 Å². The Labute approximate surface area is 174 Å². The van der Waals surface area contributed by atoms with E-state index in [0.29, 0.717) is 37.6 Å². The summed E-state index contributed by atoms with van der Waals surface area (Å²) in [4.78, 5) is 13.5. The Morgan fingerprint density at radius 1 is 1.03 bits per heavy atom. The molecule has 3 rings (SSSR count). The first kappa shape index (κ1) is 20.9. The number of hydrogen-bond donors (Lipinski definition) is 1. The van der Waals surface area contributed by atoms with Crippen LogP contribution in [-0.2, 0) is 4.79 Å². The quantitative estimate of drug-likeness (QED) is 0.456. The van der Waals surface area contributed by atoms with Crippen molar-refractivity contribution in [2.75, 3.05) is 13.2 Å². The van der Waals surface area contributed by atoms with Crippen molar-refractivity contribution in [1.29, 1.82) is 0 Å². The molecule has 1 N–H and O–H groups in total. The summed E-state index contributed by atoms with van der Waals surface area (Å²) in [5, 5.41) is 5.01. The Morgan fingerprint density at radius 3 is 2.41 bits per heavy atom. The standard InChI is InChI=1S/C23H24FNO3S/c1-2-27-19-7-3-4-8-20(19)28-15-5-10-22(26)25-23(21-9-6-16-29-21)17-11-13-18(24)14-12-17/h3-4,6-9,11-14,16,23H,2,5,10,15H2,1H3,(H,25,26)/t23-/m1/s1. The molecule has 0 aliphatic rings. The van der Waals surface area contributed by atoms with Crippen molar-refractivity contribution < 1.29 is 18.7 Å². The van der Waals surface area contributed by atoms with Gasteiger partial charge in [0, 0.05) is 11.3 Å². The molecule has 1 aromatic heterocycles. The number of benzene rings is 2. The summed E-state index contributed by atoms with van der Waals surface area (Å²) in [6.07, 6.45) is 0.909. The third kappa shape index (κ3) is 6.06. The number of amides is 1. The van der Waals surface area contributed by atoms with Gasteiger partial charge in [0.15, 0.2) is 11.5 Å². The molecule has 0 unspecified atom stereocenters. The van der Waals surface area contributed by atoms with Gasteiger partial charge in [-0.1, -0.05) is 30.3 Å². The first-order valence-corrected chi connectivity index (χ1v) is 10.5. The molecule has 0 aliphatic heterocycles. The zero-order chi connectivity index (χ0) is 20.5. The van der Waals surface area contributed by atoms with Gasteiger partial charge in [0.05, 0.1) is 19.3 Å². The number of nitrogens with one attached hydrogen (secondary N) is 1. The highest BCUT2D eigenvalue weighted by atomic mass is 32.1. The Balaban J connectivity index is 1.54. The van der Waals surface area contributed by atoms with Crippen molar-refractivity contribution in [2.45, 2.75) is 25.8 Å². The lowest BCUT2D eigenvalue weighted by atomic mass is 10.0. The molecule has 6 heteroatoms. The highest BCUT2D eigenvalue weighted by Crippen LogP contribution is 2.27. The average molecular weight is 414 g/mol. The van der Waals surface area contributed by atoms with E-state index in [1.54, 1.807) is 23.5 Å². The Hall–Kier alpha value is -2.86. The van der Waals surface area contributed by atoms with Gasteiger partial charge in [-0.25, -0.2) is 4.39 Å². The number of carbonyl (C=O) groups excluding carboxylic acids is 1. The van der Waals surface area contributed by atoms with Gasteiger partial charge >= 0.3 is 0 Å². The minimum atomic E-state index is -0.297. The van der Waals surface area contributed by atoms with E-state index in [-0.39, 0.29) is 17.8 Å². The summed E-state index contributed by atoms with van der Waals surface area (Å²) < 4.78 is 24.6. The summed E-state index contributed by atoms with van der Waals surface area (Å²) in [6.45, 7) is 2.90. The number of halogens is 1. The second kappa shape index (κ2) is 10.6. The van der Waals surface area contributed by atoms with Crippen LogP contribution in [0.1, 0.15) is 36.2 Å². The topological polar surface area (TPSA) is 47.6 Å². The van der Waals surface area contributed by atoms with E-state index in [1.165, 1.54) is 12.1 Å². The molecule has 1 atom stereocenters. The molecule has 0 saturated heterocycles. The predicted octanol–water partition coefficient (Wildman–Crippen LogP) is 5.35. The third-order valence-corrected chi connectivity index (χ3v) is 5.23. The van der Waals surface area contributed by atoms with E-state index in [0.717, 1.165) is 10.4 Å². The van der Waals surface area contributed by atoms with Crippen molar-refractivity contribution in [3.8, 4) is 11.5 Å². The fourth-order valence-corrected chi connectivity index (χ4v) is 3.72. The lowest BCUT2D eigenvalue weighted by molar-refractivity contribution is -0.121. The van der Waals surface area contributed by atoms with E-state index >= 15 is 0 Å². The molecule has 152 valence electrons. The zero-order valence-corrected chi connectivity index (χ0v) is 17.1. The van der Waals surface area contributed by atoms with Crippen molar-refractivity contribution in [3.63, 3.8) is 0 Å². The predicted molar refractivity (Wildman–Crippen MR) is 113 cm³/mol. The van der Waals surface area contributed by atoms with Crippen LogP contribution in [0.3, 0.4) is 0 Å². The molecule has 3 aromatic rings. The first-order chi connectivity index (χ1) is 14.2. The Kier molecular flexibility index (Phi) is 7.64. The molecule has 1 amide bonds. The molecule has 0 aliphatic carbocycles. The van der Waals surface area contributed by atoms with Crippen molar-refractivity contribution >= 4 is 17.2 Å². The van der Waals surface area contributed by atoms with Gasteiger partial charge in [-0.15, -0.1) is 11.3 Å². The summed E-state index contributed by atoms with van der Waals surface area (Å²) in [5.41, 5.74) is 0.851. The molecule has 0 fully saturated rings. The molecular formula is C23H24FNO3S. The van der Waals surface area contributed by atoms with Crippen LogP contribution in [-0.4, -0.2) is 19.1 Å². The Morgan fingerprint density at radius 2 is 1.76 bits per heavy atom. The molecular weight excluding hydrogens is 389 g/mol. The number of carbonyl (C=O) groups is 1. The molecule has 0 spiro atoms. The van der Waals surface area contributed by atoms with Crippen LogP contribution in [0.25, 0.3) is 0 Å². The maximum atomic E-state index is 13.3. The highest BCUT2D eigenvalue weighted by molar-refractivity contribution is 7.10. The van der Waals surface area contributed by atoms with Crippen molar-refractivity contribution in [3.05, 3.63) is 82.3 Å². The minimum Gasteiger partial charge on any atom is -0.490 e. The summed E-state index contributed by atoms with van der Waals surface area (Å²) in [6, 6.07) is 17.3. The second-order valence-corrected chi connectivity index (χ2v) is 7.38. The SMILES string of the molecule is CCOc1ccccc1OCCCC(=O)N[C@H](c1ccc(F)cc1)c1cccs1. The van der Waals surface area contributed by atoms with Crippen molar-refractivity contribution in [2.24, 2.45) is 0 Å². The smallest absolute Gasteiger partial charge is 0.220 e. The minimum absolute atomic E-state index is 0.0746. The molecule has 29 heavy (non-hydrogen) atoms. The van der Waals surface area contributed by atoms with Gasteiger partial charge in [-0.05, 0) is 54.6 Å². The zero-order valence-electron chi connectivity index (χ0n) is 16.3. The Bertz CT molecular complexity index is 897. The molecule has 2 aromatic carbocycles. The van der Waals surface area contributed by atoms with E-state index in [1.807, 2.05) is 48.7 Å². The fraction of sp³-hybridized carbons (Fsp3) is 0.261. The van der Waals surface area contributed by atoms with Gasteiger partial charge < -0.3 is 14.8 Å². The van der Waals surface area contributed by atoms with Gasteiger partial charge in [-0.2, -0.15) is 0 Å². The number of rotatable bonds is 10. The number of hydrogen-bond acceptors (Lipinski definition) is 4. The van der Waals surface area contributed by atoms with E-state index in [2.05, 4.69) is 5.32 Å². The van der Waals surface area contributed by atoms with Crippen LogP contribution < -0.4 is 14.8 Å². The van der Waals surface area contributed by atoms with E-state index in [9.17, 15) is 9.18 Å². The highest BCUT2D eigenvalue weighted by Gasteiger charge is 2.18. The van der Waals surface area contributed by atoms with Crippen LogP contribution >= 0.6 is 11.3 Å². The van der Waals surface area contributed by atoms with Gasteiger partial charge in [0.1, 0.15) is 5.82 Å². The lowest BCUT2D eigenvalue weighted by Crippen LogP contribution is -2.28. The monoisotopic (exact) mass is 413 g/mol. The van der Waals surface area contributed by atoms with Crippen LogP contribution in [0.15, 0.2) is 66.0 Å². The summed E-state index contributed by atoms with van der Waals surface area (Å²) in [7, 11) is 0. The normalized spacial score (nSPS) is 11.7. The molecule has 0 radical (unpaired) electrons. The van der Waals surface area contributed by atoms with E-state index < -0.39 is 0 Å². The van der Waals surface area contributed by atoms with Gasteiger partial charge in [0.2, 0.25) is 5.91 Å². The van der Waals surface area contributed by atoms with Gasteiger partial charge in [-0.3, -0.25) is 4.79 Å². The number of ether oxygens (including phenoxy) is 2. The lowest BCUT2D eigenvalue weighted by Gasteiger charge is -2.18. The molecule has 1 heterocycles. The number of para-hydroxylation sites is 2. The summed E-state index contributed by atoms with van der Waals surface area (Å²) in [5.74, 6) is 1.01. The van der Waals surface area contributed by atoms with Crippen molar-refractivity contribution in [1.82, 2.24) is 5.32 Å². The maximum Gasteiger partial charge on any atom is 0.220 e. The molecule has 0 bridgehead atoms. The van der Waals surface area contributed by atoms with Crippen LogP contribution in [0, 0.1) is 5.82 Å². The van der Waals surface area contributed by atoms with Gasteiger partial charge in [0.25, 0.3) is 0 Å². The maximum absolute atomic E-state index is 13.3. The molecule has 4 nitrogen and oxygen atoms in total. The summed E-state index contributed by atoms with van der Waals surface area (Å²) >= 11 is 1.56. The average Bonchev–Trinajstić information content (AvgIpc) is 3.26. The first-order valence-electron chi connectivity index (χ1n) is 9.60. The number of thiophene rings is 1. The fourth-order valence-electron chi connectivity index (χ4n) is 2.92. The second-order valence-electron chi connectivity index (χ2n) is 6.40. The largest absolute Gasteiger partial charge is 0.490 e. The van der Waals surface area contributed by atoms with Crippen LogP contribution in [0.5, 0.6) is 11.5 Å². The molecule has 0 saturated carbocycles. The van der Waals surface area contributed by atoms with E-state index in [4.69, 9.17) is 9.47 Å².